The molecule has 8 rings (SSSR count). The van der Waals surface area contributed by atoms with Gasteiger partial charge in [-0.3, -0.25) is 0 Å². The highest BCUT2D eigenvalue weighted by atomic mass is 16.3. The van der Waals surface area contributed by atoms with Gasteiger partial charge in [0.1, 0.15) is 0 Å². The van der Waals surface area contributed by atoms with E-state index in [0.29, 0.717) is 17.8 Å². The Morgan fingerprint density at radius 1 is 0.778 bits per heavy atom. The molecule has 2 N–H and O–H groups in total. The fourth-order valence-corrected chi connectivity index (χ4v) is 7.12. The molecule has 6 nitrogen and oxygen atoms in total. The van der Waals surface area contributed by atoms with Crippen LogP contribution in [0.5, 0.6) is 0 Å². The van der Waals surface area contributed by atoms with Crippen molar-refractivity contribution in [2.45, 2.75) is 87.7 Å². The Morgan fingerprint density at radius 3 is 2.19 bits per heavy atom. The van der Waals surface area contributed by atoms with Gasteiger partial charge in [0, 0.05) is 5.92 Å². The lowest BCUT2D eigenvalue weighted by atomic mass is 9.93. The molecule has 0 aliphatic heterocycles. The first kappa shape index (κ1) is 21.4. The molecule has 0 radical (unpaired) electrons. The Hall–Kier alpha value is -2.70. The van der Waals surface area contributed by atoms with Crippen LogP contribution in [0.15, 0.2) is 43.1 Å². The van der Waals surface area contributed by atoms with Gasteiger partial charge in [-0.05, 0) is 91.9 Å². The summed E-state index contributed by atoms with van der Waals surface area (Å²) in [5.74, 6) is 1.89. The van der Waals surface area contributed by atoms with E-state index in [0.717, 1.165) is 47.4 Å². The van der Waals surface area contributed by atoms with E-state index in [1.54, 1.807) is 0 Å². The lowest BCUT2D eigenvalue weighted by molar-refractivity contribution is 0.105. The molecule has 4 unspecified atom stereocenters. The maximum Gasteiger partial charge on any atom is 0.0998 e. The van der Waals surface area contributed by atoms with Crippen molar-refractivity contribution in [1.29, 1.82) is 0 Å². The number of hydrogen-bond acceptors (Lipinski definition) is 4. The van der Waals surface area contributed by atoms with E-state index in [-0.39, 0.29) is 11.8 Å². The van der Waals surface area contributed by atoms with Crippen molar-refractivity contribution < 1.29 is 10.2 Å². The Labute approximate surface area is 211 Å². The van der Waals surface area contributed by atoms with E-state index >= 15 is 0 Å². The van der Waals surface area contributed by atoms with Gasteiger partial charge in [-0.15, -0.1) is 0 Å². The Bertz CT molecular complexity index is 1460. The number of fused-ring (bicyclic) bond motifs is 2. The number of rotatable bonds is 7. The maximum atomic E-state index is 11.7. The fourth-order valence-electron chi connectivity index (χ4n) is 7.12. The third-order valence-corrected chi connectivity index (χ3v) is 9.50. The highest BCUT2D eigenvalue weighted by molar-refractivity contribution is 5.59. The van der Waals surface area contributed by atoms with Gasteiger partial charge >= 0.3 is 0 Å². The summed E-state index contributed by atoms with van der Waals surface area (Å²) in [4.78, 5) is 9.27. The number of aliphatic hydroxyl groups is 2. The molecule has 4 aliphatic carbocycles. The average molecular weight is 483 g/mol. The largest absolute Gasteiger partial charge is 0.387 e. The molecule has 6 heteroatoms. The van der Waals surface area contributed by atoms with Crippen LogP contribution in [-0.4, -0.2) is 29.0 Å². The summed E-state index contributed by atoms with van der Waals surface area (Å²) in [6, 6.07) is 8.80. The van der Waals surface area contributed by atoms with E-state index in [1.165, 1.54) is 49.7 Å². The molecule has 0 bridgehead atoms. The SMILES string of the molecule is OC(c1c(C2CC2)ccc2c(C3CC3C(O)c3c(C4CC4)ccc4cncn34)ncn12)C1CCCC1. The molecule has 0 spiro atoms. The van der Waals surface area contributed by atoms with E-state index < -0.39 is 12.2 Å². The summed E-state index contributed by atoms with van der Waals surface area (Å²) < 4.78 is 4.29. The average Bonchev–Trinajstić information content (AvgIpc) is 3.87. The molecule has 4 heterocycles. The predicted octanol–water partition coefficient (Wildman–Crippen LogP) is 5.80. The summed E-state index contributed by atoms with van der Waals surface area (Å²) in [6.45, 7) is 0. The summed E-state index contributed by atoms with van der Waals surface area (Å²) in [5, 5.41) is 23.2. The number of aromatic nitrogens is 4. The van der Waals surface area contributed by atoms with E-state index in [4.69, 9.17) is 4.98 Å². The van der Waals surface area contributed by atoms with Crippen LogP contribution >= 0.6 is 0 Å². The van der Waals surface area contributed by atoms with Crippen molar-refractivity contribution in [2.24, 2.45) is 11.8 Å². The second-order valence-corrected chi connectivity index (χ2v) is 11.9. The number of hydrogen-bond donors (Lipinski definition) is 2. The Kier molecular flexibility index (Phi) is 4.69. The van der Waals surface area contributed by atoms with Crippen molar-refractivity contribution in [3.63, 3.8) is 0 Å². The summed E-state index contributed by atoms with van der Waals surface area (Å²) in [7, 11) is 0. The summed E-state index contributed by atoms with van der Waals surface area (Å²) in [5.41, 5.74) is 7.93. The topological polar surface area (TPSA) is 75.1 Å². The first-order valence-corrected chi connectivity index (χ1v) is 14.0. The molecule has 4 atom stereocenters. The van der Waals surface area contributed by atoms with Crippen LogP contribution in [0.25, 0.3) is 11.0 Å². The lowest BCUT2D eigenvalue weighted by Gasteiger charge is -2.23. The summed E-state index contributed by atoms with van der Waals surface area (Å²) >= 11 is 0. The zero-order valence-corrected chi connectivity index (χ0v) is 20.6. The van der Waals surface area contributed by atoms with Crippen LogP contribution in [0.4, 0.5) is 0 Å². The van der Waals surface area contributed by atoms with Crippen LogP contribution in [0.3, 0.4) is 0 Å². The van der Waals surface area contributed by atoms with Crippen molar-refractivity contribution in [3.05, 3.63) is 71.3 Å². The van der Waals surface area contributed by atoms with Gasteiger partial charge in [0.15, 0.2) is 0 Å². The first-order chi connectivity index (χ1) is 17.7. The van der Waals surface area contributed by atoms with Crippen molar-refractivity contribution in [2.75, 3.05) is 0 Å². The van der Waals surface area contributed by atoms with E-state index in [2.05, 4.69) is 38.1 Å². The minimum absolute atomic E-state index is 0.153. The quantitative estimate of drug-likeness (QED) is 0.349. The van der Waals surface area contributed by atoms with Gasteiger partial charge in [0.2, 0.25) is 0 Å². The lowest BCUT2D eigenvalue weighted by Crippen LogP contribution is -2.15. The number of aliphatic hydroxyl groups excluding tert-OH is 2. The molecule has 4 aromatic rings. The molecule has 186 valence electrons. The first-order valence-electron chi connectivity index (χ1n) is 14.0. The summed E-state index contributed by atoms with van der Waals surface area (Å²) in [6.07, 6.45) is 15.2. The van der Waals surface area contributed by atoms with Gasteiger partial charge in [-0.1, -0.05) is 25.0 Å². The normalized spacial score (nSPS) is 26.2. The second kappa shape index (κ2) is 7.90. The van der Waals surface area contributed by atoms with Gasteiger partial charge in [-0.2, -0.15) is 0 Å². The van der Waals surface area contributed by atoms with Gasteiger partial charge < -0.3 is 19.0 Å². The number of pyridine rings is 2. The van der Waals surface area contributed by atoms with Gasteiger partial charge in [0.05, 0.1) is 59.2 Å². The smallest absolute Gasteiger partial charge is 0.0998 e. The van der Waals surface area contributed by atoms with Crippen molar-refractivity contribution in [1.82, 2.24) is 18.8 Å². The van der Waals surface area contributed by atoms with Crippen molar-refractivity contribution >= 4 is 11.0 Å². The zero-order chi connectivity index (χ0) is 24.0. The Morgan fingerprint density at radius 2 is 1.47 bits per heavy atom. The van der Waals surface area contributed by atoms with Crippen LogP contribution in [-0.2, 0) is 0 Å². The molecule has 36 heavy (non-hydrogen) atoms. The van der Waals surface area contributed by atoms with E-state index in [1.807, 2.05) is 18.9 Å². The third-order valence-electron chi connectivity index (χ3n) is 9.50. The van der Waals surface area contributed by atoms with Crippen LogP contribution in [0, 0.1) is 11.8 Å². The highest BCUT2D eigenvalue weighted by Crippen LogP contribution is 2.57. The van der Waals surface area contributed by atoms with Crippen LogP contribution < -0.4 is 0 Å². The standard InChI is InChI=1S/C30H34N4O2/c35-29(19-3-1-2-4-19)27-22(18-7-8-18)11-12-25-26(32-16-34(25)27)23-13-24(23)30(36)28-21(17-5-6-17)10-9-20-14-31-15-33(20)28/h9-12,14-19,23-24,29-30,35-36H,1-8,13H2. The molecule has 4 saturated carbocycles. The molecular formula is C30H34N4O2. The molecular weight excluding hydrogens is 448 g/mol. The molecule has 0 saturated heterocycles. The van der Waals surface area contributed by atoms with Crippen LogP contribution in [0.1, 0.15) is 116 Å². The van der Waals surface area contributed by atoms with E-state index in [9.17, 15) is 10.2 Å². The minimum atomic E-state index is -0.533. The second-order valence-electron chi connectivity index (χ2n) is 11.9. The Balaban J connectivity index is 1.16. The van der Waals surface area contributed by atoms with Gasteiger partial charge in [0.25, 0.3) is 0 Å². The molecule has 0 aromatic carbocycles. The van der Waals surface area contributed by atoms with Crippen molar-refractivity contribution in [3.8, 4) is 0 Å². The molecule has 4 fully saturated rings. The third kappa shape index (κ3) is 3.30. The molecule has 0 amide bonds. The zero-order valence-electron chi connectivity index (χ0n) is 20.6. The minimum Gasteiger partial charge on any atom is -0.387 e. The predicted molar refractivity (Wildman–Crippen MR) is 137 cm³/mol. The fraction of sp³-hybridized carbons (Fsp3) is 0.533. The number of nitrogens with zero attached hydrogens (tertiary/aromatic N) is 4. The highest BCUT2D eigenvalue weighted by Gasteiger charge is 2.48. The molecule has 4 aromatic heterocycles. The van der Waals surface area contributed by atoms with Gasteiger partial charge in [-0.25, -0.2) is 9.97 Å². The number of imidazole rings is 2. The van der Waals surface area contributed by atoms with Crippen LogP contribution in [0.2, 0.25) is 0 Å². The maximum absolute atomic E-state index is 11.7. The monoisotopic (exact) mass is 482 g/mol. The molecule has 4 aliphatic rings.